The SMILES string of the molecule is O=C(O)COCCNc1cc(=O)[nH]cn1. The molecule has 0 radical (unpaired) electrons. The first kappa shape index (κ1) is 11.2. The highest BCUT2D eigenvalue weighted by molar-refractivity contribution is 5.67. The monoisotopic (exact) mass is 213 g/mol. The number of aliphatic carboxylic acids is 1. The van der Waals surface area contributed by atoms with Gasteiger partial charge in [-0.15, -0.1) is 0 Å². The molecule has 0 unspecified atom stereocenters. The third kappa shape index (κ3) is 4.77. The van der Waals surface area contributed by atoms with Crippen molar-refractivity contribution in [1.82, 2.24) is 9.97 Å². The highest BCUT2D eigenvalue weighted by atomic mass is 16.5. The largest absolute Gasteiger partial charge is 0.480 e. The van der Waals surface area contributed by atoms with Crippen LogP contribution < -0.4 is 10.9 Å². The molecular weight excluding hydrogens is 202 g/mol. The van der Waals surface area contributed by atoms with Gasteiger partial charge in [0.05, 0.1) is 12.9 Å². The lowest BCUT2D eigenvalue weighted by Crippen LogP contribution is -2.16. The highest BCUT2D eigenvalue weighted by Crippen LogP contribution is 1.93. The maximum Gasteiger partial charge on any atom is 0.329 e. The summed E-state index contributed by atoms with van der Waals surface area (Å²) in [6, 6.07) is 1.30. The van der Waals surface area contributed by atoms with E-state index in [9.17, 15) is 9.59 Å². The topological polar surface area (TPSA) is 104 Å². The molecule has 0 atom stereocenters. The van der Waals surface area contributed by atoms with Crippen LogP contribution in [0.2, 0.25) is 0 Å². The fourth-order valence-electron chi connectivity index (χ4n) is 0.876. The van der Waals surface area contributed by atoms with Crippen molar-refractivity contribution in [2.45, 2.75) is 0 Å². The molecule has 3 N–H and O–H groups in total. The summed E-state index contributed by atoms with van der Waals surface area (Å²) in [4.78, 5) is 27.1. The van der Waals surface area contributed by atoms with Gasteiger partial charge in [0.25, 0.3) is 5.56 Å². The zero-order valence-electron chi connectivity index (χ0n) is 7.90. The Morgan fingerprint density at radius 1 is 1.67 bits per heavy atom. The van der Waals surface area contributed by atoms with Gasteiger partial charge in [0.15, 0.2) is 0 Å². The highest BCUT2D eigenvalue weighted by Gasteiger charge is 1.96. The Morgan fingerprint density at radius 3 is 3.13 bits per heavy atom. The van der Waals surface area contributed by atoms with Crippen LogP contribution in [0.3, 0.4) is 0 Å². The number of rotatable bonds is 6. The summed E-state index contributed by atoms with van der Waals surface area (Å²) in [5, 5.41) is 11.1. The molecule has 7 nitrogen and oxygen atoms in total. The molecule has 15 heavy (non-hydrogen) atoms. The first-order valence-electron chi connectivity index (χ1n) is 4.26. The van der Waals surface area contributed by atoms with Gasteiger partial charge in [-0.2, -0.15) is 0 Å². The van der Waals surface area contributed by atoms with Gasteiger partial charge >= 0.3 is 5.97 Å². The van der Waals surface area contributed by atoms with Crippen LogP contribution in [0.5, 0.6) is 0 Å². The van der Waals surface area contributed by atoms with Crippen LogP contribution in [0.15, 0.2) is 17.2 Å². The van der Waals surface area contributed by atoms with E-state index >= 15 is 0 Å². The third-order valence-corrected chi connectivity index (χ3v) is 1.46. The normalized spacial score (nSPS) is 9.87. The quantitative estimate of drug-likeness (QED) is 0.539. The average molecular weight is 213 g/mol. The number of carboxylic acid groups (broad SMARTS) is 1. The van der Waals surface area contributed by atoms with Crippen molar-refractivity contribution in [1.29, 1.82) is 0 Å². The van der Waals surface area contributed by atoms with E-state index in [0.717, 1.165) is 0 Å². The van der Waals surface area contributed by atoms with Gasteiger partial charge < -0.3 is 20.1 Å². The summed E-state index contributed by atoms with van der Waals surface area (Å²) in [7, 11) is 0. The van der Waals surface area contributed by atoms with E-state index in [0.29, 0.717) is 12.4 Å². The molecule has 0 saturated heterocycles. The third-order valence-electron chi connectivity index (χ3n) is 1.46. The number of aromatic amines is 1. The van der Waals surface area contributed by atoms with E-state index < -0.39 is 5.97 Å². The molecule has 1 aromatic heterocycles. The Morgan fingerprint density at radius 2 is 2.47 bits per heavy atom. The lowest BCUT2D eigenvalue weighted by Gasteiger charge is -2.04. The van der Waals surface area contributed by atoms with Crippen molar-refractivity contribution in [3.8, 4) is 0 Å². The van der Waals surface area contributed by atoms with Crippen LogP contribution >= 0.6 is 0 Å². The number of nitrogens with one attached hydrogen (secondary N) is 2. The number of anilines is 1. The van der Waals surface area contributed by atoms with Crippen LogP contribution in [0, 0.1) is 0 Å². The summed E-state index contributed by atoms with van der Waals surface area (Å²) < 4.78 is 4.77. The number of H-pyrrole nitrogens is 1. The second-order valence-electron chi connectivity index (χ2n) is 2.67. The number of hydrogen-bond donors (Lipinski definition) is 3. The van der Waals surface area contributed by atoms with E-state index in [1.165, 1.54) is 12.4 Å². The molecular formula is C8H11N3O4. The van der Waals surface area contributed by atoms with Gasteiger partial charge in [0.2, 0.25) is 0 Å². The van der Waals surface area contributed by atoms with Gasteiger partial charge in [-0.3, -0.25) is 4.79 Å². The second-order valence-corrected chi connectivity index (χ2v) is 2.67. The molecule has 1 rings (SSSR count). The smallest absolute Gasteiger partial charge is 0.329 e. The van der Waals surface area contributed by atoms with Crippen LogP contribution in [-0.2, 0) is 9.53 Å². The fourth-order valence-corrected chi connectivity index (χ4v) is 0.876. The van der Waals surface area contributed by atoms with Gasteiger partial charge in [-0.05, 0) is 0 Å². The summed E-state index contributed by atoms with van der Waals surface area (Å²) in [5.41, 5.74) is -0.251. The van der Waals surface area contributed by atoms with E-state index in [2.05, 4.69) is 15.3 Å². The fraction of sp³-hybridized carbons (Fsp3) is 0.375. The van der Waals surface area contributed by atoms with Crippen molar-refractivity contribution in [2.75, 3.05) is 25.1 Å². The van der Waals surface area contributed by atoms with Gasteiger partial charge in [0.1, 0.15) is 12.4 Å². The number of ether oxygens (including phenoxy) is 1. The molecule has 0 aliphatic carbocycles. The Hall–Kier alpha value is -1.89. The zero-order valence-corrected chi connectivity index (χ0v) is 7.90. The molecule has 0 aliphatic rings. The Bertz CT molecular complexity index is 376. The first-order valence-corrected chi connectivity index (χ1v) is 4.26. The number of aromatic nitrogens is 2. The van der Waals surface area contributed by atoms with Crippen molar-refractivity contribution in [3.63, 3.8) is 0 Å². The summed E-state index contributed by atoms with van der Waals surface area (Å²) in [6.45, 7) is 0.301. The van der Waals surface area contributed by atoms with Gasteiger partial charge in [-0.25, -0.2) is 9.78 Å². The Balaban J connectivity index is 2.20. The van der Waals surface area contributed by atoms with Gasteiger partial charge in [-0.1, -0.05) is 0 Å². The van der Waals surface area contributed by atoms with Crippen LogP contribution in [0.1, 0.15) is 0 Å². The molecule has 0 aromatic carbocycles. The maximum absolute atomic E-state index is 10.8. The minimum absolute atomic E-state index is 0.237. The number of hydrogen-bond acceptors (Lipinski definition) is 5. The van der Waals surface area contributed by atoms with Crippen molar-refractivity contribution < 1.29 is 14.6 Å². The molecule has 0 spiro atoms. The van der Waals surface area contributed by atoms with E-state index in [4.69, 9.17) is 9.84 Å². The first-order chi connectivity index (χ1) is 7.18. The molecule has 7 heteroatoms. The van der Waals surface area contributed by atoms with Gasteiger partial charge in [0, 0.05) is 12.6 Å². The van der Waals surface area contributed by atoms with Crippen LogP contribution in [-0.4, -0.2) is 40.8 Å². The van der Waals surface area contributed by atoms with Crippen molar-refractivity contribution in [2.24, 2.45) is 0 Å². The minimum Gasteiger partial charge on any atom is -0.480 e. The number of nitrogens with zero attached hydrogens (tertiary/aromatic N) is 1. The molecule has 82 valence electrons. The number of carbonyl (C=O) groups is 1. The lowest BCUT2D eigenvalue weighted by molar-refractivity contribution is -0.142. The Kier molecular flexibility index (Phi) is 4.30. The molecule has 0 fully saturated rings. The molecule has 0 saturated carbocycles. The van der Waals surface area contributed by atoms with E-state index in [1.807, 2.05) is 0 Å². The molecule has 0 bridgehead atoms. The summed E-state index contributed by atoms with van der Waals surface area (Å²) >= 11 is 0. The van der Waals surface area contributed by atoms with Crippen molar-refractivity contribution in [3.05, 3.63) is 22.7 Å². The number of carboxylic acids is 1. The van der Waals surface area contributed by atoms with Crippen molar-refractivity contribution >= 4 is 11.8 Å². The predicted molar refractivity (Wildman–Crippen MR) is 51.8 cm³/mol. The average Bonchev–Trinajstić information content (AvgIpc) is 2.17. The van der Waals surface area contributed by atoms with Crippen LogP contribution in [0.25, 0.3) is 0 Å². The molecule has 1 aromatic rings. The lowest BCUT2D eigenvalue weighted by atomic mass is 10.5. The maximum atomic E-state index is 10.8. The van der Waals surface area contributed by atoms with Crippen LogP contribution in [0.4, 0.5) is 5.82 Å². The Labute approximate surface area is 85.1 Å². The zero-order chi connectivity index (χ0) is 11.1. The predicted octanol–water partition coefficient (Wildman–Crippen LogP) is -0.717. The summed E-state index contributed by atoms with van der Waals surface area (Å²) in [6.07, 6.45) is 1.28. The standard InChI is InChI=1S/C8H11N3O4/c12-7-3-6(10-5-11-7)9-1-2-15-4-8(13)14/h3,5H,1-2,4H2,(H,13,14)(H2,9,10,11,12). The molecule has 0 aliphatic heterocycles. The van der Waals surface area contributed by atoms with E-state index in [-0.39, 0.29) is 18.8 Å². The van der Waals surface area contributed by atoms with E-state index in [1.54, 1.807) is 0 Å². The molecule has 1 heterocycles. The molecule has 0 amide bonds. The summed E-state index contributed by atoms with van der Waals surface area (Å²) in [5.74, 6) is -0.582. The minimum atomic E-state index is -1.01. The second kappa shape index (κ2) is 5.76.